The summed E-state index contributed by atoms with van der Waals surface area (Å²) in [5.41, 5.74) is 0.583. The SMILES string of the molecule is COc1cc(CS(=O)(=O)Cl)ccc1OC1CC1. The molecule has 17 heavy (non-hydrogen) atoms. The summed E-state index contributed by atoms with van der Waals surface area (Å²) >= 11 is 0. The van der Waals surface area contributed by atoms with E-state index < -0.39 is 9.05 Å². The Labute approximate surface area is 105 Å². The third-order valence-electron chi connectivity index (χ3n) is 2.39. The topological polar surface area (TPSA) is 52.6 Å². The highest BCUT2D eigenvalue weighted by Gasteiger charge is 2.25. The molecule has 1 aromatic carbocycles. The van der Waals surface area contributed by atoms with Crippen molar-refractivity contribution < 1.29 is 17.9 Å². The highest BCUT2D eigenvalue weighted by Crippen LogP contribution is 2.34. The van der Waals surface area contributed by atoms with Crippen LogP contribution in [-0.2, 0) is 14.8 Å². The first-order valence-electron chi connectivity index (χ1n) is 5.24. The number of benzene rings is 1. The van der Waals surface area contributed by atoms with Crippen molar-refractivity contribution in [3.63, 3.8) is 0 Å². The molecule has 0 bridgehead atoms. The van der Waals surface area contributed by atoms with Crippen LogP contribution >= 0.6 is 10.7 Å². The van der Waals surface area contributed by atoms with Crippen LogP contribution in [0.5, 0.6) is 11.5 Å². The molecule has 0 radical (unpaired) electrons. The number of hydrogen-bond donors (Lipinski definition) is 0. The minimum atomic E-state index is -3.55. The Hall–Kier alpha value is -0.940. The molecule has 1 aliphatic rings. The second-order valence-electron chi connectivity index (χ2n) is 3.99. The van der Waals surface area contributed by atoms with Crippen LogP contribution in [0.25, 0.3) is 0 Å². The van der Waals surface area contributed by atoms with Crippen molar-refractivity contribution in [2.24, 2.45) is 0 Å². The fourth-order valence-corrected chi connectivity index (χ4v) is 2.42. The van der Waals surface area contributed by atoms with Crippen LogP contribution in [0.4, 0.5) is 0 Å². The lowest BCUT2D eigenvalue weighted by molar-refractivity contribution is 0.282. The average molecular weight is 277 g/mol. The molecule has 0 heterocycles. The maximum atomic E-state index is 11.0. The molecule has 1 aliphatic carbocycles. The Balaban J connectivity index is 2.20. The van der Waals surface area contributed by atoms with Gasteiger partial charge in [0.1, 0.15) is 0 Å². The second kappa shape index (κ2) is 4.74. The summed E-state index contributed by atoms with van der Waals surface area (Å²) < 4.78 is 32.7. The van der Waals surface area contributed by atoms with Crippen molar-refractivity contribution in [2.75, 3.05) is 7.11 Å². The van der Waals surface area contributed by atoms with Gasteiger partial charge in [0.25, 0.3) is 0 Å². The highest BCUT2D eigenvalue weighted by atomic mass is 35.7. The molecule has 0 unspecified atom stereocenters. The molecule has 2 rings (SSSR count). The van der Waals surface area contributed by atoms with Gasteiger partial charge in [0.2, 0.25) is 9.05 Å². The van der Waals surface area contributed by atoms with E-state index in [1.165, 1.54) is 7.11 Å². The quantitative estimate of drug-likeness (QED) is 0.775. The summed E-state index contributed by atoms with van der Waals surface area (Å²) in [5.74, 6) is 0.967. The van der Waals surface area contributed by atoms with Crippen molar-refractivity contribution in [3.05, 3.63) is 23.8 Å². The Kier molecular flexibility index (Phi) is 3.49. The predicted molar refractivity (Wildman–Crippen MR) is 65.1 cm³/mol. The van der Waals surface area contributed by atoms with Crippen LogP contribution in [-0.4, -0.2) is 21.6 Å². The van der Waals surface area contributed by atoms with Crippen molar-refractivity contribution in [2.45, 2.75) is 24.7 Å². The molecule has 0 amide bonds. The zero-order valence-corrected chi connectivity index (χ0v) is 10.9. The third kappa shape index (κ3) is 3.78. The number of rotatable bonds is 5. The first-order chi connectivity index (χ1) is 7.98. The largest absolute Gasteiger partial charge is 0.493 e. The van der Waals surface area contributed by atoms with Crippen LogP contribution < -0.4 is 9.47 Å². The lowest BCUT2D eigenvalue weighted by Gasteiger charge is -2.11. The molecule has 0 atom stereocenters. The first kappa shape index (κ1) is 12.5. The summed E-state index contributed by atoms with van der Waals surface area (Å²) in [5, 5.41) is 0. The van der Waals surface area contributed by atoms with Crippen molar-refractivity contribution >= 4 is 19.7 Å². The van der Waals surface area contributed by atoms with E-state index in [9.17, 15) is 8.42 Å². The lowest BCUT2D eigenvalue weighted by atomic mass is 10.2. The van der Waals surface area contributed by atoms with Gasteiger partial charge in [-0.2, -0.15) is 0 Å². The van der Waals surface area contributed by atoms with Gasteiger partial charge in [0.05, 0.1) is 19.0 Å². The minimum absolute atomic E-state index is 0.214. The van der Waals surface area contributed by atoms with E-state index in [0.29, 0.717) is 17.1 Å². The zero-order valence-electron chi connectivity index (χ0n) is 9.35. The molecule has 0 spiro atoms. The molecular weight excluding hydrogens is 264 g/mol. The maximum Gasteiger partial charge on any atom is 0.236 e. The van der Waals surface area contributed by atoms with E-state index >= 15 is 0 Å². The molecule has 1 fully saturated rings. The van der Waals surface area contributed by atoms with Gasteiger partial charge in [0, 0.05) is 10.7 Å². The summed E-state index contributed by atoms with van der Waals surface area (Å²) in [7, 11) is 3.17. The van der Waals surface area contributed by atoms with Gasteiger partial charge in [-0.3, -0.25) is 0 Å². The number of methoxy groups -OCH3 is 1. The Morgan fingerprint density at radius 2 is 2.06 bits per heavy atom. The Morgan fingerprint density at radius 3 is 2.59 bits per heavy atom. The molecule has 94 valence electrons. The molecular formula is C11H13ClO4S. The van der Waals surface area contributed by atoms with Gasteiger partial charge < -0.3 is 9.47 Å². The normalized spacial score (nSPS) is 15.6. The van der Waals surface area contributed by atoms with Gasteiger partial charge in [0.15, 0.2) is 11.5 Å². The summed E-state index contributed by atoms with van der Waals surface area (Å²) in [6.07, 6.45) is 2.38. The molecule has 6 heteroatoms. The number of hydrogen-bond acceptors (Lipinski definition) is 4. The van der Waals surface area contributed by atoms with Gasteiger partial charge in [-0.25, -0.2) is 8.42 Å². The van der Waals surface area contributed by atoms with Crippen LogP contribution in [0.15, 0.2) is 18.2 Å². The van der Waals surface area contributed by atoms with E-state index in [2.05, 4.69) is 0 Å². The first-order valence-corrected chi connectivity index (χ1v) is 7.72. The van der Waals surface area contributed by atoms with Crippen LogP contribution in [0.3, 0.4) is 0 Å². The number of halogens is 1. The van der Waals surface area contributed by atoms with E-state index in [4.69, 9.17) is 20.2 Å². The molecule has 0 aromatic heterocycles. The molecule has 0 aliphatic heterocycles. The smallest absolute Gasteiger partial charge is 0.236 e. The predicted octanol–water partition coefficient (Wildman–Crippen LogP) is 2.31. The van der Waals surface area contributed by atoms with E-state index in [1.807, 2.05) is 0 Å². The summed E-state index contributed by atoms with van der Waals surface area (Å²) in [6.45, 7) is 0. The molecule has 4 nitrogen and oxygen atoms in total. The summed E-state index contributed by atoms with van der Waals surface area (Å²) in [6, 6.07) is 5.03. The monoisotopic (exact) mass is 276 g/mol. The molecule has 1 saturated carbocycles. The van der Waals surface area contributed by atoms with Crippen molar-refractivity contribution in [1.82, 2.24) is 0 Å². The zero-order chi connectivity index (χ0) is 12.5. The molecule has 0 saturated heterocycles. The molecule has 1 aromatic rings. The summed E-state index contributed by atoms with van der Waals surface area (Å²) in [4.78, 5) is 0. The van der Waals surface area contributed by atoms with Crippen LogP contribution in [0, 0.1) is 0 Å². The second-order valence-corrected chi connectivity index (χ2v) is 6.76. The third-order valence-corrected chi connectivity index (χ3v) is 3.39. The van der Waals surface area contributed by atoms with Gasteiger partial charge in [-0.15, -0.1) is 0 Å². The average Bonchev–Trinajstić information content (AvgIpc) is 3.02. The Morgan fingerprint density at radius 1 is 1.35 bits per heavy atom. The fraction of sp³-hybridized carbons (Fsp3) is 0.455. The lowest BCUT2D eigenvalue weighted by Crippen LogP contribution is -2.00. The van der Waals surface area contributed by atoms with E-state index in [0.717, 1.165) is 12.8 Å². The van der Waals surface area contributed by atoms with Gasteiger partial charge >= 0.3 is 0 Å². The minimum Gasteiger partial charge on any atom is -0.493 e. The van der Waals surface area contributed by atoms with Gasteiger partial charge in [-0.05, 0) is 30.5 Å². The van der Waals surface area contributed by atoms with Crippen LogP contribution in [0.2, 0.25) is 0 Å². The van der Waals surface area contributed by atoms with E-state index in [1.54, 1.807) is 18.2 Å². The van der Waals surface area contributed by atoms with Gasteiger partial charge in [-0.1, -0.05) is 6.07 Å². The maximum absolute atomic E-state index is 11.0. The molecule has 0 N–H and O–H groups in total. The number of ether oxygens (including phenoxy) is 2. The van der Waals surface area contributed by atoms with E-state index in [-0.39, 0.29) is 11.9 Å². The van der Waals surface area contributed by atoms with Crippen molar-refractivity contribution in [1.29, 1.82) is 0 Å². The van der Waals surface area contributed by atoms with Crippen LogP contribution in [0.1, 0.15) is 18.4 Å². The van der Waals surface area contributed by atoms with Crippen molar-refractivity contribution in [3.8, 4) is 11.5 Å². The fourth-order valence-electron chi connectivity index (χ4n) is 1.46. The highest BCUT2D eigenvalue weighted by molar-refractivity contribution is 8.13. The Bertz CT molecular complexity index is 508. The standard InChI is InChI=1S/C11H13ClO4S/c1-15-11-6-8(7-17(12,13)14)2-5-10(11)16-9-3-4-9/h2,5-6,9H,3-4,7H2,1H3.